The molecule has 1 aliphatic heterocycles. The van der Waals surface area contributed by atoms with Gasteiger partial charge >= 0.3 is 0 Å². The van der Waals surface area contributed by atoms with Crippen molar-refractivity contribution >= 4 is 5.91 Å². The molecule has 0 N–H and O–H groups in total. The second-order valence-corrected chi connectivity index (χ2v) is 6.42. The van der Waals surface area contributed by atoms with Crippen LogP contribution in [0.4, 0.5) is 0 Å². The third kappa shape index (κ3) is 2.82. The molecular weight excluding hydrogens is 316 g/mol. The summed E-state index contributed by atoms with van der Waals surface area (Å²) < 4.78 is 3.67. The van der Waals surface area contributed by atoms with Crippen LogP contribution in [0.2, 0.25) is 0 Å². The van der Waals surface area contributed by atoms with Crippen molar-refractivity contribution in [2.75, 3.05) is 13.1 Å². The Bertz CT molecular complexity index is 898. The Morgan fingerprint density at radius 2 is 2.08 bits per heavy atom. The number of carbonyl (C=O) groups is 1. The van der Waals surface area contributed by atoms with Crippen molar-refractivity contribution in [2.45, 2.75) is 26.3 Å². The Morgan fingerprint density at radius 1 is 1.24 bits per heavy atom. The quantitative estimate of drug-likeness (QED) is 0.735. The van der Waals surface area contributed by atoms with Gasteiger partial charge in [-0.05, 0) is 38.5 Å². The van der Waals surface area contributed by atoms with E-state index in [0.29, 0.717) is 12.1 Å². The van der Waals surface area contributed by atoms with E-state index >= 15 is 0 Å². The van der Waals surface area contributed by atoms with Crippen molar-refractivity contribution in [2.24, 2.45) is 0 Å². The molecule has 7 heteroatoms. The van der Waals surface area contributed by atoms with Gasteiger partial charge in [0.15, 0.2) is 0 Å². The zero-order chi connectivity index (χ0) is 17.4. The van der Waals surface area contributed by atoms with Gasteiger partial charge in [0, 0.05) is 18.8 Å². The van der Waals surface area contributed by atoms with Gasteiger partial charge in [0.25, 0.3) is 5.91 Å². The van der Waals surface area contributed by atoms with Crippen LogP contribution in [0, 0.1) is 13.8 Å². The van der Waals surface area contributed by atoms with E-state index in [2.05, 4.69) is 28.2 Å². The maximum Gasteiger partial charge on any atom is 0.256 e. The molecule has 1 saturated heterocycles. The van der Waals surface area contributed by atoms with E-state index in [1.54, 1.807) is 11.0 Å². The lowest BCUT2D eigenvalue weighted by Crippen LogP contribution is -2.30. The Labute approximate surface area is 145 Å². The molecule has 1 aliphatic rings. The predicted molar refractivity (Wildman–Crippen MR) is 92.6 cm³/mol. The molecule has 4 rings (SSSR count). The van der Waals surface area contributed by atoms with Crippen LogP contribution in [0.3, 0.4) is 0 Å². The molecule has 3 heterocycles. The zero-order valence-corrected chi connectivity index (χ0v) is 14.3. The number of likely N-dealkylation sites (tertiary alicyclic amines) is 1. The highest BCUT2D eigenvalue weighted by molar-refractivity contribution is 5.97. The summed E-state index contributed by atoms with van der Waals surface area (Å²) in [6.45, 7) is 5.46. The van der Waals surface area contributed by atoms with Crippen LogP contribution in [-0.4, -0.2) is 48.4 Å². The fourth-order valence-corrected chi connectivity index (χ4v) is 3.50. The molecule has 7 nitrogen and oxygen atoms in total. The molecule has 0 saturated carbocycles. The molecule has 25 heavy (non-hydrogen) atoms. The Balaban J connectivity index is 1.58. The van der Waals surface area contributed by atoms with Crippen LogP contribution in [0.25, 0.3) is 5.69 Å². The first-order valence-corrected chi connectivity index (χ1v) is 8.39. The fourth-order valence-electron chi connectivity index (χ4n) is 3.50. The van der Waals surface area contributed by atoms with Crippen molar-refractivity contribution in [3.8, 4) is 5.69 Å². The minimum atomic E-state index is 0.0233. The van der Waals surface area contributed by atoms with Gasteiger partial charge in [0.2, 0.25) is 0 Å². The van der Waals surface area contributed by atoms with Crippen LogP contribution >= 0.6 is 0 Å². The normalized spacial score (nSPS) is 17.2. The van der Waals surface area contributed by atoms with Crippen molar-refractivity contribution in [3.63, 3.8) is 0 Å². The maximum absolute atomic E-state index is 13.1. The van der Waals surface area contributed by atoms with Crippen LogP contribution in [0.15, 0.2) is 43.0 Å². The molecule has 0 spiro atoms. The van der Waals surface area contributed by atoms with Crippen molar-refractivity contribution in [1.29, 1.82) is 0 Å². The predicted octanol–water partition coefficient (Wildman–Crippen LogP) is 2.17. The molecule has 1 atom stereocenters. The summed E-state index contributed by atoms with van der Waals surface area (Å²) >= 11 is 0. The van der Waals surface area contributed by atoms with Crippen LogP contribution in [0.1, 0.15) is 34.2 Å². The lowest BCUT2D eigenvalue weighted by molar-refractivity contribution is 0.0786. The average Bonchev–Trinajstić information content (AvgIpc) is 3.35. The minimum absolute atomic E-state index is 0.0233. The molecule has 1 fully saturated rings. The van der Waals surface area contributed by atoms with E-state index < -0.39 is 0 Å². The second kappa shape index (κ2) is 6.16. The van der Waals surface area contributed by atoms with E-state index in [1.807, 2.05) is 40.8 Å². The first-order chi connectivity index (χ1) is 12.1. The van der Waals surface area contributed by atoms with Gasteiger partial charge in [0.05, 0.1) is 23.0 Å². The number of aromatic nitrogens is 5. The third-order valence-electron chi connectivity index (χ3n) is 4.64. The Morgan fingerprint density at radius 3 is 2.80 bits per heavy atom. The van der Waals surface area contributed by atoms with Crippen molar-refractivity contribution in [3.05, 3.63) is 59.9 Å². The van der Waals surface area contributed by atoms with E-state index in [1.165, 1.54) is 6.33 Å². The highest BCUT2D eigenvalue weighted by atomic mass is 16.2. The number of carbonyl (C=O) groups excluding carboxylic acids is 1. The minimum Gasteiger partial charge on any atom is -0.336 e. The van der Waals surface area contributed by atoms with Gasteiger partial charge in [0.1, 0.15) is 12.7 Å². The summed E-state index contributed by atoms with van der Waals surface area (Å²) in [7, 11) is 0. The number of benzene rings is 1. The third-order valence-corrected chi connectivity index (χ3v) is 4.64. The SMILES string of the molecule is Cc1cc(C)n([C@H]2CCN(C(=O)c3ccccc3-n3cncn3)C2)n1. The molecule has 1 aromatic carbocycles. The van der Waals surface area contributed by atoms with E-state index in [0.717, 1.165) is 30.0 Å². The molecule has 0 unspecified atom stereocenters. The topological polar surface area (TPSA) is 68.8 Å². The number of amides is 1. The smallest absolute Gasteiger partial charge is 0.256 e. The van der Waals surface area contributed by atoms with Gasteiger partial charge in [-0.15, -0.1) is 0 Å². The number of aryl methyl sites for hydroxylation is 2. The molecule has 0 aliphatic carbocycles. The summed E-state index contributed by atoms with van der Waals surface area (Å²) in [5.41, 5.74) is 3.54. The Hall–Kier alpha value is -2.96. The molecule has 3 aromatic rings. The molecule has 1 amide bonds. The number of nitrogens with zero attached hydrogens (tertiary/aromatic N) is 6. The van der Waals surface area contributed by atoms with Crippen molar-refractivity contribution in [1.82, 2.24) is 29.4 Å². The van der Waals surface area contributed by atoms with Crippen LogP contribution in [0.5, 0.6) is 0 Å². The number of hydrogen-bond acceptors (Lipinski definition) is 4. The highest BCUT2D eigenvalue weighted by Crippen LogP contribution is 2.25. The average molecular weight is 336 g/mol. The summed E-state index contributed by atoms with van der Waals surface area (Å²) in [6, 6.07) is 9.81. The van der Waals surface area contributed by atoms with Gasteiger partial charge in [-0.2, -0.15) is 10.2 Å². The summed E-state index contributed by atoms with van der Waals surface area (Å²) in [5, 5.41) is 8.73. The summed E-state index contributed by atoms with van der Waals surface area (Å²) in [5.74, 6) is 0.0233. The zero-order valence-electron chi connectivity index (χ0n) is 14.3. The summed E-state index contributed by atoms with van der Waals surface area (Å²) in [6.07, 6.45) is 3.99. The van der Waals surface area contributed by atoms with Gasteiger partial charge in [-0.3, -0.25) is 9.48 Å². The standard InChI is InChI=1S/C18H20N6O/c1-13-9-14(2)24(21-13)15-7-8-22(10-15)18(25)16-5-3-4-6-17(16)23-12-19-11-20-23/h3-6,9,11-12,15H,7-8,10H2,1-2H3/t15-/m0/s1. The Kier molecular flexibility index (Phi) is 3.83. The maximum atomic E-state index is 13.1. The van der Waals surface area contributed by atoms with E-state index in [4.69, 9.17) is 0 Å². The monoisotopic (exact) mass is 336 g/mol. The number of hydrogen-bond donors (Lipinski definition) is 0. The number of para-hydroxylation sites is 1. The second-order valence-electron chi connectivity index (χ2n) is 6.42. The lowest BCUT2D eigenvalue weighted by atomic mass is 10.1. The van der Waals surface area contributed by atoms with Crippen LogP contribution in [-0.2, 0) is 0 Å². The lowest BCUT2D eigenvalue weighted by Gasteiger charge is -2.19. The van der Waals surface area contributed by atoms with Crippen molar-refractivity contribution < 1.29 is 4.79 Å². The van der Waals surface area contributed by atoms with E-state index in [-0.39, 0.29) is 11.9 Å². The first-order valence-electron chi connectivity index (χ1n) is 8.39. The van der Waals surface area contributed by atoms with Gasteiger partial charge in [-0.25, -0.2) is 9.67 Å². The highest BCUT2D eigenvalue weighted by Gasteiger charge is 2.30. The molecule has 0 bridgehead atoms. The van der Waals surface area contributed by atoms with E-state index in [9.17, 15) is 4.79 Å². The summed E-state index contributed by atoms with van der Waals surface area (Å²) in [4.78, 5) is 18.9. The largest absolute Gasteiger partial charge is 0.336 e. The molecule has 0 radical (unpaired) electrons. The number of rotatable bonds is 3. The van der Waals surface area contributed by atoms with Gasteiger partial charge < -0.3 is 4.90 Å². The fraction of sp³-hybridized carbons (Fsp3) is 0.333. The van der Waals surface area contributed by atoms with Crippen LogP contribution < -0.4 is 0 Å². The molecular formula is C18H20N6O. The first kappa shape index (κ1) is 15.6. The molecule has 128 valence electrons. The molecule has 2 aromatic heterocycles. The van der Waals surface area contributed by atoms with Gasteiger partial charge in [-0.1, -0.05) is 12.1 Å².